The van der Waals surface area contributed by atoms with Crippen LogP contribution >= 0.6 is 11.3 Å². The van der Waals surface area contributed by atoms with Gasteiger partial charge in [-0.05, 0) is 37.5 Å². The Bertz CT molecular complexity index is 567. The van der Waals surface area contributed by atoms with Crippen molar-refractivity contribution in [1.29, 1.82) is 0 Å². The molecule has 0 aliphatic rings. The number of nitrogens with two attached hydrogens (primary N) is 1. The van der Waals surface area contributed by atoms with Crippen molar-refractivity contribution in [2.75, 3.05) is 6.61 Å². The lowest BCUT2D eigenvalue weighted by atomic mass is 10.0. The summed E-state index contributed by atoms with van der Waals surface area (Å²) in [6.45, 7) is 9.01. The Morgan fingerprint density at radius 1 is 1.24 bits per heavy atom. The Balaban J connectivity index is 1.85. The van der Waals surface area contributed by atoms with Crippen LogP contribution in [0.4, 0.5) is 0 Å². The first-order valence-corrected chi connectivity index (χ1v) is 8.14. The lowest BCUT2D eigenvalue weighted by Crippen LogP contribution is -2.27. The number of hydrogen-bond acceptors (Lipinski definition) is 4. The molecule has 1 heterocycles. The Hall–Kier alpha value is -1.39. The zero-order valence-corrected chi connectivity index (χ0v) is 14.0. The van der Waals surface area contributed by atoms with Crippen molar-refractivity contribution in [1.82, 2.24) is 4.98 Å². The van der Waals surface area contributed by atoms with Crippen LogP contribution in [0.2, 0.25) is 0 Å². The molecule has 0 aliphatic carbocycles. The number of nitrogens with zero attached hydrogens (tertiary/aromatic N) is 1. The van der Waals surface area contributed by atoms with Gasteiger partial charge in [-0.2, -0.15) is 0 Å². The van der Waals surface area contributed by atoms with Crippen LogP contribution in [0.1, 0.15) is 49.1 Å². The SMILES string of the molecule is CC(C)c1ccc(OCCc2ncc(C(C)(C)N)s2)cc1. The third-order valence-corrected chi connectivity index (χ3v) is 4.72. The topological polar surface area (TPSA) is 48.1 Å². The van der Waals surface area contributed by atoms with E-state index in [9.17, 15) is 0 Å². The first-order valence-electron chi connectivity index (χ1n) is 7.33. The van der Waals surface area contributed by atoms with Gasteiger partial charge in [-0.15, -0.1) is 11.3 Å². The van der Waals surface area contributed by atoms with Crippen LogP contribution in [0, 0.1) is 0 Å². The smallest absolute Gasteiger partial charge is 0.119 e. The summed E-state index contributed by atoms with van der Waals surface area (Å²) in [6, 6.07) is 8.31. The van der Waals surface area contributed by atoms with Crippen molar-refractivity contribution < 1.29 is 4.74 Å². The highest BCUT2D eigenvalue weighted by Gasteiger charge is 2.17. The Labute approximate surface area is 131 Å². The molecule has 0 saturated carbocycles. The molecule has 0 atom stereocenters. The maximum absolute atomic E-state index is 6.07. The number of hydrogen-bond donors (Lipinski definition) is 1. The minimum atomic E-state index is -0.316. The molecule has 1 aromatic heterocycles. The van der Waals surface area contributed by atoms with Crippen LogP contribution in [0.3, 0.4) is 0 Å². The second-order valence-corrected chi connectivity index (χ2v) is 7.28. The first-order chi connectivity index (χ1) is 9.86. The number of aromatic nitrogens is 1. The number of thiazole rings is 1. The quantitative estimate of drug-likeness (QED) is 0.874. The maximum atomic E-state index is 6.07. The first kappa shape index (κ1) is 16.0. The van der Waals surface area contributed by atoms with E-state index in [2.05, 4.69) is 31.0 Å². The molecule has 0 fully saturated rings. The predicted octanol–water partition coefficient (Wildman–Crippen LogP) is 4.08. The van der Waals surface area contributed by atoms with Gasteiger partial charge in [0.1, 0.15) is 5.75 Å². The van der Waals surface area contributed by atoms with Gasteiger partial charge in [-0.1, -0.05) is 26.0 Å². The van der Waals surface area contributed by atoms with E-state index in [4.69, 9.17) is 10.5 Å². The lowest BCUT2D eigenvalue weighted by Gasteiger charge is -2.14. The van der Waals surface area contributed by atoms with Crippen molar-refractivity contribution >= 4 is 11.3 Å². The number of benzene rings is 1. The third-order valence-electron chi connectivity index (χ3n) is 3.32. The van der Waals surface area contributed by atoms with Crippen LogP contribution in [0.5, 0.6) is 5.75 Å². The highest BCUT2D eigenvalue weighted by molar-refractivity contribution is 7.11. The number of ether oxygens (including phenoxy) is 1. The van der Waals surface area contributed by atoms with Gasteiger partial charge in [0, 0.05) is 23.0 Å². The van der Waals surface area contributed by atoms with E-state index in [0.717, 1.165) is 22.1 Å². The molecule has 0 aliphatic heterocycles. The summed E-state index contributed by atoms with van der Waals surface area (Å²) in [5.41, 5.74) is 7.08. The highest BCUT2D eigenvalue weighted by Crippen LogP contribution is 2.24. The molecule has 1 aromatic carbocycles. The molecular formula is C17H24N2OS. The molecule has 0 spiro atoms. The van der Waals surface area contributed by atoms with E-state index in [0.29, 0.717) is 12.5 Å². The van der Waals surface area contributed by atoms with E-state index in [-0.39, 0.29) is 5.54 Å². The van der Waals surface area contributed by atoms with E-state index in [1.807, 2.05) is 32.2 Å². The summed E-state index contributed by atoms with van der Waals surface area (Å²) >= 11 is 1.67. The molecule has 0 bridgehead atoms. The minimum Gasteiger partial charge on any atom is -0.493 e. The Morgan fingerprint density at radius 3 is 2.43 bits per heavy atom. The van der Waals surface area contributed by atoms with Crippen molar-refractivity contribution in [3.05, 3.63) is 45.9 Å². The number of rotatable bonds is 6. The van der Waals surface area contributed by atoms with Gasteiger partial charge < -0.3 is 10.5 Å². The molecule has 2 aromatic rings. The summed E-state index contributed by atoms with van der Waals surface area (Å²) in [5.74, 6) is 1.46. The van der Waals surface area contributed by atoms with E-state index in [1.54, 1.807) is 11.3 Å². The fourth-order valence-corrected chi connectivity index (χ4v) is 2.84. The molecular weight excluding hydrogens is 280 g/mol. The largest absolute Gasteiger partial charge is 0.493 e. The van der Waals surface area contributed by atoms with Crippen LogP contribution in [0.25, 0.3) is 0 Å². The molecule has 21 heavy (non-hydrogen) atoms. The minimum absolute atomic E-state index is 0.316. The summed E-state index contributed by atoms with van der Waals surface area (Å²) in [4.78, 5) is 5.52. The van der Waals surface area contributed by atoms with E-state index in [1.165, 1.54) is 5.56 Å². The lowest BCUT2D eigenvalue weighted by molar-refractivity contribution is 0.321. The molecule has 0 radical (unpaired) electrons. The van der Waals surface area contributed by atoms with Gasteiger partial charge in [0.15, 0.2) is 0 Å². The van der Waals surface area contributed by atoms with Crippen molar-refractivity contribution in [3.8, 4) is 5.75 Å². The summed E-state index contributed by atoms with van der Waals surface area (Å²) < 4.78 is 5.77. The summed E-state index contributed by atoms with van der Waals surface area (Å²) in [6.07, 6.45) is 2.68. The van der Waals surface area contributed by atoms with Gasteiger partial charge >= 0.3 is 0 Å². The zero-order chi connectivity index (χ0) is 15.5. The van der Waals surface area contributed by atoms with Crippen LogP contribution in [0.15, 0.2) is 30.5 Å². The Kier molecular flexibility index (Phi) is 5.01. The van der Waals surface area contributed by atoms with Crippen LogP contribution in [-0.4, -0.2) is 11.6 Å². The molecule has 3 nitrogen and oxygen atoms in total. The van der Waals surface area contributed by atoms with Crippen molar-refractivity contribution in [2.24, 2.45) is 5.73 Å². The molecule has 0 amide bonds. The zero-order valence-electron chi connectivity index (χ0n) is 13.2. The van der Waals surface area contributed by atoms with Gasteiger partial charge in [-0.3, -0.25) is 0 Å². The highest BCUT2D eigenvalue weighted by atomic mass is 32.1. The van der Waals surface area contributed by atoms with E-state index >= 15 is 0 Å². The van der Waals surface area contributed by atoms with E-state index < -0.39 is 0 Å². The van der Waals surface area contributed by atoms with Crippen molar-refractivity contribution in [2.45, 2.75) is 45.6 Å². The Morgan fingerprint density at radius 2 is 1.90 bits per heavy atom. The molecule has 0 saturated heterocycles. The molecule has 4 heteroatoms. The summed E-state index contributed by atoms with van der Waals surface area (Å²) in [5, 5.41) is 1.07. The van der Waals surface area contributed by atoms with Gasteiger partial charge in [0.25, 0.3) is 0 Å². The monoisotopic (exact) mass is 304 g/mol. The molecule has 0 unspecified atom stereocenters. The fraction of sp³-hybridized carbons (Fsp3) is 0.471. The average Bonchev–Trinajstić information content (AvgIpc) is 2.88. The normalized spacial score (nSPS) is 11.9. The fourth-order valence-electron chi connectivity index (χ4n) is 1.93. The summed E-state index contributed by atoms with van der Waals surface area (Å²) in [7, 11) is 0. The van der Waals surface area contributed by atoms with Crippen LogP contribution < -0.4 is 10.5 Å². The van der Waals surface area contributed by atoms with Gasteiger partial charge in [-0.25, -0.2) is 4.98 Å². The molecule has 2 N–H and O–H groups in total. The second kappa shape index (κ2) is 6.58. The molecule has 2 rings (SSSR count). The second-order valence-electron chi connectivity index (χ2n) is 6.16. The standard InChI is InChI=1S/C17H24N2OS/c1-12(2)13-5-7-14(8-6-13)20-10-9-16-19-11-15(21-16)17(3,4)18/h5-8,11-12H,9-10,18H2,1-4H3. The van der Waals surface area contributed by atoms with Crippen molar-refractivity contribution in [3.63, 3.8) is 0 Å². The third kappa shape index (κ3) is 4.55. The van der Waals surface area contributed by atoms with Gasteiger partial charge in [0.2, 0.25) is 0 Å². The predicted molar refractivity (Wildman–Crippen MR) is 89.1 cm³/mol. The molecule has 114 valence electrons. The van der Waals surface area contributed by atoms with Crippen LogP contribution in [-0.2, 0) is 12.0 Å². The van der Waals surface area contributed by atoms with Gasteiger partial charge in [0.05, 0.1) is 11.6 Å². The average molecular weight is 304 g/mol. The maximum Gasteiger partial charge on any atom is 0.119 e.